The molecule has 1 aromatic heterocycles. The molecule has 26 heavy (non-hydrogen) atoms. The third kappa shape index (κ3) is 4.56. The van der Waals surface area contributed by atoms with Crippen LogP contribution >= 0.6 is 22.9 Å². The molecule has 0 atom stereocenters. The smallest absolute Gasteiger partial charge is 0.264 e. The van der Waals surface area contributed by atoms with Gasteiger partial charge >= 0.3 is 0 Å². The zero-order valence-corrected chi connectivity index (χ0v) is 16.2. The van der Waals surface area contributed by atoms with Gasteiger partial charge in [0, 0.05) is 31.2 Å². The van der Waals surface area contributed by atoms with Crippen LogP contribution in [0.2, 0.25) is 5.02 Å². The number of benzene rings is 1. The maximum absolute atomic E-state index is 12.6. The number of nitrogens with zero attached hydrogens (tertiary/aromatic N) is 2. The lowest BCUT2D eigenvalue weighted by Gasteiger charge is -2.22. The summed E-state index contributed by atoms with van der Waals surface area (Å²) in [5, 5.41) is 2.51. The molecular formula is C19H21ClN2O3S. The Morgan fingerprint density at radius 1 is 1.15 bits per heavy atom. The number of hydrogen-bond acceptors (Lipinski definition) is 4. The van der Waals surface area contributed by atoms with Gasteiger partial charge in [-0.1, -0.05) is 17.7 Å². The number of hydrogen-bond donors (Lipinski definition) is 0. The van der Waals surface area contributed by atoms with Crippen LogP contribution in [0, 0.1) is 6.92 Å². The van der Waals surface area contributed by atoms with Gasteiger partial charge in [0.25, 0.3) is 11.8 Å². The van der Waals surface area contributed by atoms with Crippen molar-refractivity contribution < 1.29 is 14.3 Å². The fourth-order valence-electron chi connectivity index (χ4n) is 2.90. The molecule has 0 unspecified atom stereocenters. The van der Waals surface area contributed by atoms with Crippen LogP contribution in [-0.4, -0.2) is 54.4 Å². The predicted molar refractivity (Wildman–Crippen MR) is 103 cm³/mol. The molecule has 7 heteroatoms. The molecule has 1 aromatic carbocycles. The molecule has 1 aliphatic rings. The highest BCUT2D eigenvalue weighted by Crippen LogP contribution is 2.19. The lowest BCUT2D eigenvalue weighted by atomic mass is 10.2. The molecule has 0 bridgehead atoms. The summed E-state index contributed by atoms with van der Waals surface area (Å²) in [6.07, 6.45) is 0.763. The van der Waals surface area contributed by atoms with E-state index >= 15 is 0 Å². The summed E-state index contributed by atoms with van der Waals surface area (Å²) in [7, 11) is 0. The minimum atomic E-state index is -0.0772. The highest BCUT2D eigenvalue weighted by molar-refractivity contribution is 7.12. The molecule has 2 aromatic rings. The van der Waals surface area contributed by atoms with Crippen molar-refractivity contribution >= 4 is 34.8 Å². The fourth-order valence-corrected chi connectivity index (χ4v) is 3.97. The van der Waals surface area contributed by atoms with Gasteiger partial charge in [0.05, 0.1) is 4.88 Å². The number of carbonyl (C=O) groups excluding carboxylic acids is 2. The minimum absolute atomic E-state index is 0.0294. The van der Waals surface area contributed by atoms with E-state index in [4.69, 9.17) is 16.3 Å². The van der Waals surface area contributed by atoms with Crippen molar-refractivity contribution in [2.75, 3.05) is 32.8 Å². The van der Waals surface area contributed by atoms with E-state index in [1.54, 1.807) is 29.2 Å². The fraction of sp³-hybridized carbons (Fsp3) is 0.368. The van der Waals surface area contributed by atoms with Crippen LogP contribution in [0.15, 0.2) is 35.7 Å². The summed E-state index contributed by atoms with van der Waals surface area (Å²) in [6.45, 7) is 4.27. The summed E-state index contributed by atoms with van der Waals surface area (Å²) in [6, 6.07) is 8.95. The van der Waals surface area contributed by atoms with Crippen molar-refractivity contribution in [2.45, 2.75) is 13.3 Å². The van der Waals surface area contributed by atoms with E-state index in [9.17, 15) is 9.59 Å². The number of halogens is 1. The standard InChI is InChI=1S/C19H21ClN2O3S/c1-14-6-11-26-18(14)19(24)22-8-3-7-21(9-10-22)17(23)13-25-16-5-2-4-15(20)12-16/h2,4-6,11-12H,3,7-10,13H2,1H3. The first-order chi connectivity index (χ1) is 12.5. The molecule has 0 saturated carbocycles. The third-order valence-electron chi connectivity index (χ3n) is 4.35. The lowest BCUT2D eigenvalue weighted by molar-refractivity contribution is -0.133. The maximum atomic E-state index is 12.6. The van der Waals surface area contributed by atoms with Crippen LogP contribution in [0.4, 0.5) is 0 Å². The van der Waals surface area contributed by atoms with E-state index < -0.39 is 0 Å². The van der Waals surface area contributed by atoms with Gasteiger partial charge in [0.2, 0.25) is 0 Å². The first kappa shape index (κ1) is 18.7. The molecule has 1 aliphatic heterocycles. The van der Waals surface area contributed by atoms with E-state index in [0.717, 1.165) is 16.9 Å². The molecular weight excluding hydrogens is 372 g/mol. The van der Waals surface area contributed by atoms with Gasteiger partial charge < -0.3 is 14.5 Å². The van der Waals surface area contributed by atoms with Gasteiger partial charge in [-0.15, -0.1) is 11.3 Å². The second-order valence-electron chi connectivity index (χ2n) is 6.21. The van der Waals surface area contributed by atoms with Crippen LogP contribution in [0.5, 0.6) is 5.75 Å². The van der Waals surface area contributed by atoms with Crippen molar-refractivity contribution in [3.05, 3.63) is 51.2 Å². The number of amides is 2. The Kier molecular flexibility index (Phi) is 6.16. The van der Waals surface area contributed by atoms with Crippen molar-refractivity contribution in [3.63, 3.8) is 0 Å². The van der Waals surface area contributed by atoms with E-state index in [0.29, 0.717) is 37.0 Å². The van der Waals surface area contributed by atoms with Crippen LogP contribution in [0.3, 0.4) is 0 Å². The molecule has 0 N–H and O–H groups in total. The van der Waals surface area contributed by atoms with Crippen molar-refractivity contribution in [1.29, 1.82) is 0 Å². The van der Waals surface area contributed by atoms with Crippen LogP contribution in [-0.2, 0) is 4.79 Å². The van der Waals surface area contributed by atoms with Crippen LogP contribution < -0.4 is 4.74 Å². The van der Waals surface area contributed by atoms with Gasteiger partial charge in [-0.05, 0) is 48.6 Å². The second-order valence-corrected chi connectivity index (χ2v) is 7.56. The van der Waals surface area contributed by atoms with E-state index in [1.165, 1.54) is 11.3 Å². The molecule has 138 valence electrons. The topological polar surface area (TPSA) is 49.9 Å². The van der Waals surface area contributed by atoms with E-state index in [1.807, 2.05) is 23.3 Å². The first-order valence-corrected chi connectivity index (χ1v) is 9.80. The average molecular weight is 393 g/mol. The highest BCUT2D eigenvalue weighted by atomic mass is 35.5. The number of rotatable bonds is 4. The Morgan fingerprint density at radius 3 is 2.65 bits per heavy atom. The second kappa shape index (κ2) is 8.56. The summed E-state index contributed by atoms with van der Waals surface area (Å²) < 4.78 is 5.54. The third-order valence-corrected chi connectivity index (χ3v) is 5.59. The number of carbonyl (C=O) groups is 2. The van der Waals surface area contributed by atoms with Gasteiger partial charge in [-0.2, -0.15) is 0 Å². The van der Waals surface area contributed by atoms with Gasteiger partial charge in [-0.3, -0.25) is 9.59 Å². The van der Waals surface area contributed by atoms with Gasteiger partial charge in [0.1, 0.15) is 5.75 Å². The van der Waals surface area contributed by atoms with E-state index in [-0.39, 0.29) is 18.4 Å². The van der Waals surface area contributed by atoms with Crippen molar-refractivity contribution in [3.8, 4) is 5.75 Å². The van der Waals surface area contributed by atoms with Crippen LogP contribution in [0.1, 0.15) is 21.7 Å². The Balaban J connectivity index is 1.54. The van der Waals surface area contributed by atoms with Crippen molar-refractivity contribution in [2.24, 2.45) is 0 Å². The highest BCUT2D eigenvalue weighted by Gasteiger charge is 2.24. The SMILES string of the molecule is Cc1ccsc1C(=O)N1CCCN(C(=O)COc2cccc(Cl)c2)CC1. The molecule has 0 spiro atoms. The summed E-state index contributed by atoms with van der Waals surface area (Å²) >= 11 is 7.39. The molecule has 1 fully saturated rings. The zero-order valence-electron chi connectivity index (χ0n) is 14.6. The first-order valence-electron chi connectivity index (χ1n) is 8.54. The Hall–Kier alpha value is -2.05. The summed E-state index contributed by atoms with van der Waals surface area (Å²) in [4.78, 5) is 29.5. The Labute approximate surface area is 162 Å². The van der Waals surface area contributed by atoms with Gasteiger partial charge in [-0.25, -0.2) is 0 Å². The number of ether oxygens (including phenoxy) is 1. The molecule has 0 aliphatic carbocycles. The van der Waals surface area contributed by atoms with Crippen LogP contribution in [0.25, 0.3) is 0 Å². The molecule has 5 nitrogen and oxygen atoms in total. The molecule has 0 radical (unpaired) electrons. The van der Waals surface area contributed by atoms with E-state index in [2.05, 4.69) is 0 Å². The summed E-state index contributed by atoms with van der Waals surface area (Å²) in [5.41, 5.74) is 1.01. The molecule has 2 amide bonds. The molecule has 3 rings (SSSR count). The minimum Gasteiger partial charge on any atom is -0.484 e. The molecule has 2 heterocycles. The van der Waals surface area contributed by atoms with Gasteiger partial charge in [0.15, 0.2) is 6.61 Å². The number of aryl methyl sites for hydroxylation is 1. The number of thiophene rings is 1. The zero-order chi connectivity index (χ0) is 18.5. The quantitative estimate of drug-likeness (QED) is 0.800. The predicted octanol–water partition coefficient (Wildman–Crippen LogP) is 3.46. The Bertz CT molecular complexity index is 793. The van der Waals surface area contributed by atoms with Crippen molar-refractivity contribution in [1.82, 2.24) is 9.80 Å². The monoisotopic (exact) mass is 392 g/mol. The average Bonchev–Trinajstić information content (AvgIpc) is 2.91. The maximum Gasteiger partial charge on any atom is 0.264 e. The Morgan fingerprint density at radius 2 is 1.92 bits per heavy atom. The largest absolute Gasteiger partial charge is 0.484 e. The normalized spacial score (nSPS) is 14.8. The summed E-state index contributed by atoms with van der Waals surface area (Å²) in [5.74, 6) is 0.555. The molecule has 1 saturated heterocycles. The lowest BCUT2D eigenvalue weighted by Crippen LogP contribution is -2.39.